The second-order valence-electron chi connectivity index (χ2n) is 6.77. The van der Waals surface area contributed by atoms with Crippen molar-refractivity contribution in [3.05, 3.63) is 65.2 Å². The summed E-state index contributed by atoms with van der Waals surface area (Å²) in [5.74, 6) is 0.649. The van der Waals surface area contributed by atoms with Crippen LogP contribution in [0.15, 0.2) is 48.5 Å². The maximum atomic E-state index is 12.3. The lowest BCUT2D eigenvalue weighted by Gasteiger charge is -2.14. The number of imide groups is 1. The number of carbonyl (C=O) groups is 2. The predicted octanol–water partition coefficient (Wildman–Crippen LogP) is 2.66. The molecule has 0 radical (unpaired) electrons. The van der Waals surface area contributed by atoms with Gasteiger partial charge in [-0.15, -0.1) is 0 Å². The average Bonchev–Trinajstić information content (AvgIpc) is 3.18. The molecule has 5 nitrogen and oxygen atoms in total. The van der Waals surface area contributed by atoms with Crippen molar-refractivity contribution in [2.75, 3.05) is 19.6 Å². The van der Waals surface area contributed by atoms with Crippen molar-refractivity contribution in [3.63, 3.8) is 0 Å². The number of para-hydroxylation sites is 1. The summed E-state index contributed by atoms with van der Waals surface area (Å²) in [6.07, 6.45) is 2.83. The molecule has 134 valence electrons. The quantitative estimate of drug-likeness (QED) is 0.616. The Labute approximate surface area is 153 Å². The van der Waals surface area contributed by atoms with Crippen LogP contribution in [0.4, 0.5) is 0 Å². The Bertz CT molecular complexity index is 774. The van der Waals surface area contributed by atoms with E-state index in [1.807, 2.05) is 18.2 Å². The second kappa shape index (κ2) is 7.30. The fraction of sp³-hybridized carbons (Fsp3) is 0.333. The summed E-state index contributed by atoms with van der Waals surface area (Å²) in [5.41, 5.74) is 2.31. The van der Waals surface area contributed by atoms with Gasteiger partial charge in [-0.1, -0.05) is 30.3 Å². The minimum absolute atomic E-state index is 0.171. The van der Waals surface area contributed by atoms with Crippen LogP contribution in [-0.2, 0) is 6.42 Å². The maximum absolute atomic E-state index is 12.3. The number of ether oxygens (including phenoxy) is 1. The second-order valence-corrected chi connectivity index (χ2v) is 6.77. The summed E-state index contributed by atoms with van der Waals surface area (Å²) in [4.78, 5) is 25.9. The molecule has 0 saturated heterocycles. The first kappa shape index (κ1) is 16.8. The number of amides is 2. The molecule has 0 aliphatic carbocycles. The summed E-state index contributed by atoms with van der Waals surface area (Å²) in [7, 11) is 0. The van der Waals surface area contributed by atoms with Crippen LogP contribution >= 0.6 is 0 Å². The van der Waals surface area contributed by atoms with E-state index in [0.717, 1.165) is 38.1 Å². The number of hydrogen-bond donors (Lipinski definition) is 1. The van der Waals surface area contributed by atoms with E-state index in [1.165, 1.54) is 10.5 Å². The smallest absolute Gasteiger partial charge is 0.261 e. The minimum Gasteiger partial charge on any atom is -0.488 e. The van der Waals surface area contributed by atoms with Gasteiger partial charge in [0.1, 0.15) is 11.9 Å². The van der Waals surface area contributed by atoms with E-state index >= 15 is 0 Å². The molecule has 2 heterocycles. The van der Waals surface area contributed by atoms with Gasteiger partial charge < -0.3 is 10.1 Å². The highest BCUT2D eigenvalue weighted by molar-refractivity contribution is 6.21. The minimum atomic E-state index is -0.171. The van der Waals surface area contributed by atoms with Crippen molar-refractivity contribution in [1.82, 2.24) is 10.2 Å². The van der Waals surface area contributed by atoms with Crippen LogP contribution in [0.5, 0.6) is 5.75 Å². The zero-order valence-electron chi connectivity index (χ0n) is 14.6. The van der Waals surface area contributed by atoms with Gasteiger partial charge in [-0.3, -0.25) is 14.5 Å². The van der Waals surface area contributed by atoms with E-state index in [2.05, 4.69) is 11.4 Å². The highest BCUT2D eigenvalue weighted by Crippen LogP contribution is 2.27. The van der Waals surface area contributed by atoms with E-state index in [1.54, 1.807) is 24.3 Å². The Morgan fingerprint density at radius 1 is 0.962 bits per heavy atom. The van der Waals surface area contributed by atoms with E-state index in [0.29, 0.717) is 17.7 Å². The standard InChI is InChI=1S/C21H22N2O3/c24-20-17-8-2-3-9-18(17)21(25)23(20)12-6-5-11-22-14-16-13-15-7-1-4-10-19(15)26-16/h1-4,7-10,16,22H,5-6,11-14H2. The summed E-state index contributed by atoms with van der Waals surface area (Å²) in [6.45, 7) is 2.13. The molecule has 0 aromatic heterocycles. The van der Waals surface area contributed by atoms with Crippen LogP contribution in [0.2, 0.25) is 0 Å². The zero-order chi connectivity index (χ0) is 17.9. The molecule has 2 aromatic rings. The Kier molecular flexibility index (Phi) is 4.71. The number of unbranched alkanes of at least 4 members (excludes halogenated alkanes) is 1. The molecule has 2 aliphatic heterocycles. The number of nitrogens with one attached hydrogen (secondary N) is 1. The summed E-state index contributed by atoms with van der Waals surface area (Å²) < 4.78 is 5.90. The average molecular weight is 350 g/mol. The molecule has 1 atom stereocenters. The Balaban J connectivity index is 1.16. The van der Waals surface area contributed by atoms with E-state index in [9.17, 15) is 9.59 Å². The van der Waals surface area contributed by atoms with Crippen LogP contribution in [0.1, 0.15) is 39.1 Å². The van der Waals surface area contributed by atoms with Gasteiger partial charge in [0.15, 0.2) is 0 Å². The van der Waals surface area contributed by atoms with E-state index in [-0.39, 0.29) is 17.9 Å². The molecular formula is C21H22N2O3. The highest BCUT2D eigenvalue weighted by atomic mass is 16.5. The molecule has 0 fully saturated rings. The Morgan fingerprint density at radius 2 is 1.65 bits per heavy atom. The van der Waals surface area contributed by atoms with Gasteiger partial charge in [0.25, 0.3) is 11.8 Å². The molecule has 0 saturated carbocycles. The third kappa shape index (κ3) is 3.22. The third-order valence-electron chi connectivity index (χ3n) is 4.95. The first-order chi connectivity index (χ1) is 12.7. The lowest BCUT2D eigenvalue weighted by Crippen LogP contribution is -2.32. The fourth-order valence-corrected chi connectivity index (χ4v) is 3.59. The van der Waals surface area contributed by atoms with Gasteiger partial charge in [0, 0.05) is 19.5 Å². The largest absolute Gasteiger partial charge is 0.488 e. The molecular weight excluding hydrogens is 328 g/mol. The van der Waals surface area contributed by atoms with Gasteiger partial charge in [0.05, 0.1) is 11.1 Å². The van der Waals surface area contributed by atoms with Crippen LogP contribution < -0.4 is 10.1 Å². The van der Waals surface area contributed by atoms with Crippen molar-refractivity contribution in [2.45, 2.75) is 25.4 Å². The highest BCUT2D eigenvalue weighted by Gasteiger charge is 2.34. The fourth-order valence-electron chi connectivity index (χ4n) is 3.59. The summed E-state index contributed by atoms with van der Waals surface area (Å²) in [6, 6.07) is 15.2. The molecule has 1 N–H and O–H groups in total. The van der Waals surface area contributed by atoms with Gasteiger partial charge in [0.2, 0.25) is 0 Å². The lowest BCUT2D eigenvalue weighted by molar-refractivity contribution is 0.0651. The molecule has 0 bridgehead atoms. The van der Waals surface area contributed by atoms with Crippen LogP contribution in [-0.4, -0.2) is 42.5 Å². The van der Waals surface area contributed by atoms with Crippen molar-refractivity contribution < 1.29 is 14.3 Å². The van der Waals surface area contributed by atoms with Crippen molar-refractivity contribution in [1.29, 1.82) is 0 Å². The van der Waals surface area contributed by atoms with Crippen LogP contribution in [0.3, 0.4) is 0 Å². The molecule has 2 amide bonds. The molecule has 5 heteroatoms. The van der Waals surface area contributed by atoms with Crippen molar-refractivity contribution >= 4 is 11.8 Å². The molecule has 2 aliphatic rings. The summed E-state index contributed by atoms with van der Waals surface area (Å²) >= 11 is 0. The SMILES string of the molecule is O=C1c2ccccc2C(=O)N1CCCCNCC1Cc2ccccc2O1. The molecule has 1 unspecified atom stereocenters. The van der Waals surface area contributed by atoms with Gasteiger partial charge >= 0.3 is 0 Å². The lowest BCUT2D eigenvalue weighted by atomic mass is 10.1. The van der Waals surface area contributed by atoms with Crippen LogP contribution in [0.25, 0.3) is 0 Å². The number of carbonyl (C=O) groups excluding carboxylic acids is 2. The molecule has 0 spiro atoms. The predicted molar refractivity (Wildman–Crippen MR) is 98.5 cm³/mol. The first-order valence-corrected chi connectivity index (χ1v) is 9.14. The van der Waals surface area contributed by atoms with E-state index < -0.39 is 0 Å². The van der Waals surface area contributed by atoms with Crippen LogP contribution in [0, 0.1) is 0 Å². The molecule has 26 heavy (non-hydrogen) atoms. The number of rotatable bonds is 7. The Morgan fingerprint density at radius 3 is 2.38 bits per heavy atom. The zero-order valence-corrected chi connectivity index (χ0v) is 14.6. The maximum Gasteiger partial charge on any atom is 0.261 e. The number of nitrogens with zero attached hydrogens (tertiary/aromatic N) is 1. The Hall–Kier alpha value is -2.66. The first-order valence-electron chi connectivity index (χ1n) is 9.14. The van der Waals surface area contributed by atoms with Gasteiger partial charge in [-0.2, -0.15) is 0 Å². The number of fused-ring (bicyclic) bond motifs is 2. The summed E-state index contributed by atoms with van der Waals surface area (Å²) in [5, 5.41) is 3.41. The van der Waals surface area contributed by atoms with Crippen molar-refractivity contribution in [3.8, 4) is 5.75 Å². The normalized spacial score (nSPS) is 18.0. The van der Waals surface area contributed by atoms with Gasteiger partial charge in [-0.05, 0) is 43.1 Å². The molecule has 4 rings (SSSR count). The monoisotopic (exact) mass is 350 g/mol. The number of hydrogen-bond acceptors (Lipinski definition) is 4. The third-order valence-corrected chi connectivity index (χ3v) is 4.95. The van der Waals surface area contributed by atoms with Crippen molar-refractivity contribution in [2.24, 2.45) is 0 Å². The van der Waals surface area contributed by atoms with Gasteiger partial charge in [-0.25, -0.2) is 0 Å². The topological polar surface area (TPSA) is 58.6 Å². The van der Waals surface area contributed by atoms with E-state index in [4.69, 9.17) is 4.74 Å². The molecule has 2 aromatic carbocycles. The number of benzene rings is 2.